The van der Waals surface area contributed by atoms with E-state index in [1.54, 1.807) is 13.1 Å². The summed E-state index contributed by atoms with van der Waals surface area (Å²) in [4.78, 5) is 11.2. The Labute approximate surface area is 90.2 Å². The molecule has 0 saturated heterocycles. The second-order valence-electron chi connectivity index (χ2n) is 3.04. The molecule has 0 radical (unpaired) electrons. The Kier molecular flexibility index (Phi) is 7.31. The van der Waals surface area contributed by atoms with Crippen molar-refractivity contribution in [1.29, 1.82) is 0 Å². The molecule has 0 unspecified atom stereocenters. The summed E-state index contributed by atoms with van der Waals surface area (Å²) >= 11 is 0. The number of aliphatic hydroxyl groups is 1. The van der Waals surface area contributed by atoms with E-state index in [-0.39, 0.29) is 18.2 Å². The summed E-state index contributed by atoms with van der Waals surface area (Å²) in [5.74, 6) is -0.334. The molecule has 1 amide bonds. The smallest absolute Gasteiger partial charge is 0.238 e. The molecule has 5 nitrogen and oxygen atoms in total. The first-order valence-electron chi connectivity index (χ1n) is 4.79. The van der Waals surface area contributed by atoms with Gasteiger partial charge in [-0.2, -0.15) is 0 Å². The largest absolute Gasteiger partial charge is 0.506 e. The van der Waals surface area contributed by atoms with Crippen molar-refractivity contribution in [3.8, 4) is 0 Å². The van der Waals surface area contributed by atoms with E-state index in [0.717, 1.165) is 6.54 Å². The fraction of sp³-hybridized carbons (Fsp3) is 0.500. The van der Waals surface area contributed by atoms with Crippen LogP contribution in [0.4, 0.5) is 0 Å². The summed E-state index contributed by atoms with van der Waals surface area (Å²) in [6, 6.07) is 0. The molecule has 0 aromatic rings. The van der Waals surface area contributed by atoms with Crippen LogP contribution >= 0.6 is 0 Å². The van der Waals surface area contributed by atoms with Gasteiger partial charge in [0.1, 0.15) is 5.76 Å². The van der Waals surface area contributed by atoms with Crippen LogP contribution < -0.4 is 16.0 Å². The Morgan fingerprint density at radius 3 is 2.53 bits per heavy atom. The number of nitrogens with one attached hydrogen (secondary N) is 3. The molecule has 0 bridgehead atoms. The molecule has 0 atom stereocenters. The highest BCUT2D eigenvalue weighted by molar-refractivity contribution is 5.80. The van der Waals surface area contributed by atoms with Gasteiger partial charge in [-0.15, -0.1) is 0 Å². The van der Waals surface area contributed by atoms with Gasteiger partial charge in [0.2, 0.25) is 5.91 Å². The van der Waals surface area contributed by atoms with Gasteiger partial charge in [0.05, 0.1) is 12.2 Å². The topological polar surface area (TPSA) is 73.4 Å². The van der Waals surface area contributed by atoms with E-state index in [1.165, 1.54) is 0 Å². The molecule has 0 aliphatic rings. The van der Waals surface area contributed by atoms with Crippen LogP contribution in [0.1, 0.15) is 6.42 Å². The maximum atomic E-state index is 11.2. The average Bonchev–Trinajstić information content (AvgIpc) is 2.16. The first-order chi connectivity index (χ1) is 7.11. The van der Waals surface area contributed by atoms with Crippen LogP contribution in [0.3, 0.4) is 0 Å². The third-order valence-corrected chi connectivity index (χ3v) is 1.67. The molecule has 0 fully saturated rings. The second-order valence-corrected chi connectivity index (χ2v) is 3.04. The van der Waals surface area contributed by atoms with E-state index in [0.29, 0.717) is 12.1 Å². The van der Waals surface area contributed by atoms with Gasteiger partial charge in [0, 0.05) is 0 Å². The second kappa shape index (κ2) is 8.02. The molecule has 0 aromatic carbocycles. The summed E-state index contributed by atoms with van der Waals surface area (Å²) in [7, 11) is 3.51. The molecule has 0 saturated carbocycles. The molecule has 0 heterocycles. The standard InChI is InChI=1S/C10H19N3O2/c1-8(14)9(5-4-6-11-2)13-10(15)7-12-3/h5,11-12,14H,1,4,6-7H2,2-3H3,(H,13,15)/b9-5-. The number of carbonyl (C=O) groups is 1. The number of rotatable bonds is 7. The number of aliphatic hydroxyl groups excluding tert-OH is 1. The molecular formula is C10H19N3O2. The van der Waals surface area contributed by atoms with Crippen molar-refractivity contribution in [3.05, 3.63) is 24.1 Å². The highest BCUT2D eigenvalue weighted by Crippen LogP contribution is 2.00. The highest BCUT2D eigenvalue weighted by Gasteiger charge is 2.05. The Bertz CT molecular complexity index is 249. The fourth-order valence-electron chi connectivity index (χ4n) is 0.957. The Morgan fingerprint density at radius 2 is 2.07 bits per heavy atom. The van der Waals surface area contributed by atoms with Gasteiger partial charge in [-0.3, -0.25) is 4.79 Å². The third kappa shape index (κ3) is 6.70. The minimum absolute atomic E-state index is 0.129. The minimum Gasteiger partial charge on any atom is -0.506 e. The molecular weight excluding hydrogens is 194 g/mol. The number of likely N-dealkylation sites (N-methyl/N-ethyl adjacent to an activating group) is 1. The Morgan fingerprint density at radius 1 is 1.40 bits per heavy atom. The predicted molar refractivity (Wildman–Crippen MR) is 60.5 cm³/mol. The first-order valence-corrected chi connectivity index (χ1v) is 4.79. The summed E-state index contributed by atoms with van der Waals surface area (Å²) in [6.45, 7) is 4.36. The van der Waals surface area contributed by atoms with Crippen LogP contribution in [-0.4, -0.2) is 38.2 Å². The molecule has 5 heteroatoms. The van der Waals surface area contributed by atoms with Gasteiger partial charge >= 0.3 is 0 Å². The predicted octanol–water partition coefficient (Wildman–Crippen LogP) is -0.113. The fourth-order valence-corrected chi connectivity index (χ4v) is 0.957. The normalized spacial score (nSPS) is 11.2. The Hall–Kier alpha value is -1.33. The van der Waals surface area contributed by atoms with Gasteiger partial charge in [0.15, 0.2) is 0 Å². The highest BCUT2D eigenvalue weighted by atomic mass is 16.3. The quantitative estimate of drug-likeness (QED) is 0.270. The van der Waals surface area contributed by atoms with Crippen LogP contribution in [0.2, 0.25) is 0 Å². The zero-order valence-corrected chi connectivity index (χ0v) is 9.26. The lowest BCUT2D eigenvalue weighted by Crippen LogP contribution is -2.32. The molecule has 0 aromatic heterocycles. The van der Waals surface area contributed by atoms with Crippen molar-refractivity contribution >= 4 is 5.91 Å². The van der Waals surface area contributed by atoms with Gasteiger partial charge < -0.3 is 21.1 Å². The molecule has 4 N–H and O–H groups in total. The van der Waals surface area contributed by atoms with Crippen LogP contribution in [0, 0.1) is 0 Å². The van der Waals surface area contributed by atoms with Crippen LogP contribution in [0.5, 0.6) is 0 Å². The molecule has 0 aliphatic heterocycles. The van der Waals surface area contributed by atoms with Crippen LogP contribution in [0.15, 0.2) is 24.1 Å². The number of carbonyl (C=O) groups excluding carboxylic acids is 1. The van der Waals surface area contributed by atoms with Crippen molar-refractivity contribution in [1.82, 2.24) is 16.0 Å². The first kappa shape index (κ1) is 13.7. The maximum absolute atomic E-state index is 11.2. The van der Waals surface area contributed by atoms with Crippen molar-refractivity contribution in [2.75, 3.05) is 27.2 Å². The molecule has 15 heavy (non-hydrogen) atoms. The van der Waals surface area contributed by atoms with E-state index in [4.69, 9.17) is 0 Å². The van der Waals surface area contributed by atoms with Crippen LogP contribution in [-0.2, 0) is 4.79 Å². The number of amides is 1. The van der Waals surface area contributed by atoms with E-state index < -0.39 is 0 Å². The maximum Gasteiger partial charge on any atom is 0.238 e. The summed E-state index contributed by atoms with van der Waals surface area (Å²) in [6.07, 6.45) is 2.44. The van der Waals surface area contributed by atoms with Gasteiger partial charge in [-0.25, -0.2) is 0 Å². The number of hydrogen-bond acceptors (Lipinski definition) is 4. The van der Waals surface area contributed by atoms with Crippen LogP contribution in [0.25, 0.3) is 0 Å². The lowest BCUT2D eigenvalue weighted by Gasteiger charge is -2.08. The van der Waals surface area contributed by atoms with Gasteiger partial charge in [-0.05, 0) is 27.1 Å². The molecule has 0 aliphatic carbocycles. The molecule has 0 rings (SSSR count). The van der Waals surface area contributed by atoms with E-state index in [2.05, 4.69) is 22.5 Å². The zero-order chi connectivity index (χ0) is 11.7. The van der Waals surface area contributed by atoms with Crippen molar-refractivity contribution in [2.24, 2.45) is 0 Å². The molecule has 86 valence electrons. The van der Waals surface area contributed by atoms with Crippen molar-refractivity contribution in [2.45, 2.75) is 6.42 Å². The summed E-state index contributed by atoms with van der Waals surface area (Å²) in [5.41, 5.74) is 0.366. The summed E-state index contributed by atoms with van der Waals surface area (Å²) in [5, 5.41) is 17.4. The van der Waals surface area contributed by atoms with E-state index >= 15 is 0 Å². The van der Waals surface area contributed by atoms with Gasteiger partial charge in [0.25, 0.3) is 0 Å². The van der Waals surface area contributed by atoms with Crippen molar-refractivity contribution < 1.29 is 9.90 Å². The average molecular weight is 213 g/mol. The lowest BCUT2D eigenvalue weighted by molar-refractivity contribution is -0.119. The summed E-state index contributed by atoms with van der Waals surface area (Å²) < 4.78 is 0. The van der Waals surface area contributed by atoms with E-state index in [1.807, 2.05) is 7.05 Å². The SMILES string of the molecule is C=C(O)/C(=C/CCNC)NC(=O)CNC. The monoisotopic (exact) mass is 213 g/mol. The Balaban J connectivity index is 4.21. The minimum atomic E-state index is -0.205. The number of hydrogen-bond donors (Lipinski definition) is 4. The molecule has 0 spiro atoms. The third-order valence-electron chi connectivity index (χ3n) is 1.67. The van der Waals surface area contributed by atoms with Crippen molar-refractivity contribution in [3.63, 3.8) is 0 Å². The van der Waals surface area contributed by atoms with Gasteiger partial charge in [-0.1, -0.05) is 12.7 Å². The zero-order valence-electron chi connectivity index (χ0n) is 9.26. The lowest BCUT2D eigenvalue weighted by atomic mass is 10.3. The van der Waals surface area contributed by atoms with E-state index in [9.17, 15) is 9.90 Å².